The predicted octanol–water partition coefficient (Wildman–Crippen LogP) is 3.91. The summed E-state index contributed by atoms with van der Waals surface area (Å²) in [4.78, 5) is 0. The Morgan fingerprint density at radius 3 is 2.24 bits per heavy atom. The molecule has 2 aromatic carbocycles. The molecule has 0 fully saturated rings. The molecule has 0 bridgehead atoms. The molecule has 1 nitrogen and oxygen atoms in total. The summed E-state index contributed by atoms with van der Waals surface area (Å²) in [5.41, 5.74) is 0.0133. The van der Waals surface area contributed by atoms with E-state index in [0.717, 1.165) is 24.3 Å². The fourth-order valence-electron chi connectivity index (χ4n) is 1.83. The Morgan fingerprint density at radius 1 is 0.952 bits per heavy atom. The number of hydrogen-bond acceptors (Lipinski definition) is 1. The Kier molecular flexibility index (Phi) is 4.20. The van der Waals surface area contributed by atoms with Crippen LogP contribution in [-0.4, -0.2) is 6.98 Å². The normalized spacial score (nSPS) is 11.5. The van der Waals surface area contributed by atoms with Crippen molar-refractivity contribution in [2.75, 3.05) is 0 Å². The van der Waals surface area contributed by atoms with Crippen molar-refractivity contribution in [1.82, 2.24) is 0 Å². The van der Waals surface area contributed by atoms with Crippen LogP contribution in [0.3, 0.4) is 0 Å². The summed E-state index contributed by atoms with van der Waals surface area (Å²) in [7, 11) is 0. The van der Waals surface area contributed by atoms with Crippen LogP contribution in [0.5, 0.6) is 5.75 Å². The summed E-state index contributed by atoms with van der Waals surface area (Å²) in [5.74, 6) is -1.70. The van der Waals surface area contributed by atoms with Gasteiger partial charge in [0.2, 0.25) is 0 Å². The van der Waals surface area contributed by atoms with E-state index in [2.05, 4.69) is 0 Å². The maximum Gasteiger partial charge on any atom is 0.509 e. The largest absolute Gasteiger partial charge is 0.509 e. The number of ether oxygens (including phenoxy) is 1. The third-order valence-corrected chi connectivity index (χ3v) is 2.96. The fourth-order valence-corrected chi connectivity index (χ4v) is 1.83. The van der Waals surface area contributed by atoms with Crippen molar-refractivity contribution >= 4 is 12.4 Å². The SMILES string of the molecule is Cc1cc([B-](F)(F)F)ccc1OCc1ccc(F)c(F)c1. The van der Waals surface area contributed by atoms with Crippen molar-refractivity contribution in [2.24, 2.45) is 0 Å². The Balaban J connectivity index is 2.11. The smallest absolute Gasteiger partial charge is 0.489 e. The number of aryl methyl sites for hydroxylation is 1. The number of hydrogen-bond donors (Lipinski definition) is 0. The van der Waals surface area contributed by atoms with Crippen molar-refractivity contribution < 1.29 is 26.5 Å². The molecule has 0 aliphatic carbocycles. The molecule has 0 atom stereocenters. The van der Waals surface area contributed by atoms with Gasteiger partial charge in [-0.05, 0) is 36.2 Å². The molecule has 0 aliphatic rings. The molecule has 0 unspecified atom stereocenters. The summed E-state index contributed by atoms with van der Waals surface area (Å²) >= 11 is 0. The zero-order valence-corrected chi connectivity index (χ0v) is 11.0. The van der Waals surface area contributed by atoms with Crippen LogP contribution in [0.15, 0.2) is 36.4 Å². The minimum atomic E-state index is -5.05. The maximum absolute atomic E-state index is 13.0. The van der Waals surface area contributed by atoms with Gasteiger partial charge in [-0.2, -0.15) is 0 Å². The van der Waals surface area contributed by atoms with Gasteiger partial charge in [0.05, 0.1) is 0 Å². The molecule has 112 valence electrons. The molecule has 0 saturated heterocycles. The highest BCUT2D eigenvalue weighted by Gasteiger charge is 2.25. The summed E-state index contributed by atoms with van der Waals surface area (Å²) in [6.07, 6.45) is 0. The lowest BCUT2D eigenvalue weighted by atomic mass is 9.79. The quantitative estimate of drug-likeness (QED) is 0.614. The van der Waals surface area contributed by atoms with Gasteiger partial charge in [-0.15, -0.1) is 5.46 Å². The summed E-state index contributed by atoms with van der Waals surface area (Å²) < 4.78 is 68.8. The van der Waals surface area contributed by atoms with Gasteiger partial charge < -0.3 is 17.7 Å². The van der Waals surface area contributed by atoms with Crippen molar-refractivity contribution in [2.45, 2.75) is 13.5 Å². The van der Waals surface area contributed by atoms with Gasteiger partial charge in [0.1, 0.15) is 12.4 Å². The zero-order chi connectivity index (χ0) is 15.6. The molecule has 0 spiro atoms. The molecule has 21 heavy (non-hydrogen) atoms. The van der Waals surface area contributed by atoms with E-state index in [0.29, 0.717) is 11.1 Å². The first-order chi connectivity index (χ1) is 9.77. The van der Waals surface area contributed by atoms with Crippen LogP contribution in [0, 0.1) is 18.6 Å². The van der Waals surface area contributed by atoms with Crippen LogP contribution in [0.2, 0.25) is 0 Å². The second-order valence-electron chi connectivity index (χ2n) is 4.64. The highest BCUT2D eigenvalue weighted by atomic mass is 19.4. The number of rotatable bonds is 4. The van der Waals surface area contributed by atoms with E-state index in [9.17, 15) is 21.7 Å². The molecule has 7 heteroatoms. The van der Waals surface area contributed by atoms with E-state index in [1.807, 2.05) is 0 Å². The molecule has 0 N–H and O–H groups in total. The first-order valence-electron chi connectivity index (χ1n) is 6.14. The molecule has 0 aliphatic heterocycles. The van der Waals surface area contributed by atoms with E-state index in [4.69, 9.17) is 4.74 Å². The molecule has 0 saturated carbocycles. The third kappa shape index (κ3) is 3.74. The summed E-state index contributed by atoms with van der Waals surface area (Å²) in [6, 6.07) is 6.46. The average Bonchev–Trinajstić information content (AvgIpc) is 2.40. The Labute approximate surface area is 118 Å². The van der Waals surface area contributed by atoms with Gasteiger partial charge in [-0.25, -0.2) is 8.78 Å². The van der Waals surface area contributed by atoms with Crippen molar-refractivity contribution in [3.8, 4) is 5.75 Å². The predicted molar refractivity (Wildman–Crippen MR) is 70.6 cm³/mol. The highest BCUT2D eigenvalue weighted by Crippen LogP contribution is 2.20. The first kappa shape index (κ1) is 15.3. The van der Waals surface area contributed by atoms with Crippen LogP contribution in [0.4, 0.5) is 21.7 Å². The lowest BCUT2D eigenvalue weighted by Gasteiger charge is -2.17. The van der Waals surface area contributed by atoms with Gasteiger partial charge >= 0.3 is 6.98 Å². The van der Waals surface area contributed by atoms with Gasteiger partial charge in [0.25, 0.3) is 0 Å². The molecule has 0 radical (unpaired) electrons. The minimum absolute atomic E-state index is 0.0610. The van der Waals surface area contributed by atoms with Crippen molar-refractivity contribution in [3.05, 3.63) is 59.2 Å². The van der Waals surface area contributed by atoms with Gasteiger partial charge in [-0.1, -0.05) is 18.2 Å². The summed E-state index contributed by atoms with van der Waals surface area (Å²) in [5, 5.41) is 0. The highest BCUT2D eigenvalue weighted by molar-refractivity contribution is 6.73. The van der Waals surface area contributed by atoms with Crippen LogP contribution < -0.4 is 10.2 Å². The van der Waals surface area contributed by atoms with E-state index in [1.54, 1.807) is 0 Å². The van der Waals surface area contributed by atoms with Crippen molar-refractivity contribution in [3.63, 3.8) is 0 Å². The maximum atomic E-state index is 13.0. The average molecular weight is 301 g/mol. The Bertz CT molecular complexity index is 654. The molecular weight excluding hydrogens is 290 g/mol. The molecule has 0 heterocycles. The molecule has 0 amide bonds. The summed E-state index contributed by atoms with van der Waals surface area (Å²) in [6.45, 7) is -3.62. The molecule has 2 rings (SSSR count). The van der Waals surface area contributed by atoms with Crippen LogP contribution in [0.25, 0.3) is 0 Å². The van der Waals surface area contributed by atoms with E-state index in [1.165, 1.54) is 19.1 Å². The van der Waals surface area contributed by atoms with E-state index < -0.39 is 24.1 Å². The van der Waals surface area contributed by atoms with E-state index >= 15 is 0 Å². The minimum Gasteiger partial charge on any atom is -0.489 e. The number of benzene rings is 2. The Hall–Kier alpha value is -2.05. The molecule has 2 aromatic rings. The van der Waals surface area contributed by atoms with E-state index in [-0.39, 0.29) is 12.4 Å². The second kappa shape index (κ2) is 5.75. The van der Waals surface area contributed by atoms with Gasteiger partial charge in [0, 0.05) is 0 Å². The van der Waals surface area contributed by atoms with Crippen molar-refractivity contribution in [1.29, 1.82) is 0 Å². The van der Waals surface area contributed by atoms with Crippen LogP contribution >= 0.6 is 0 Å². The lowest BCUT2D eigenvalue weighted by molar-refractivity contribution is 0.303. The second-order valence-corrected chi connectivity index (χ2v) is 4.64. The third-order valence-electron chi connectivity index (χ3n) is 2.96. The number of halogens is 5. The first-order valence-corrected chi connectivity index (χ1v) is 6.14. The standard InChI is InChI=1S/C14H11BF5O/c1-9-6-11(15(18,19)20)3-5-14(9)21-8-10-2-4-12(16)13(17)7-10/h2-7H,8H2,1H3/q-1. The fraction of sp³-hybridized carbons (Fsp3) is 0.143. The van der Waals surface area contributed by atoms with Gasteiger partial charge in [0.15, 0.2) is 11.6 Å². The Morgan fingerprint density at radius 2 is 1.67 bits per heavy atom. The molecule has 0 aromatic heterocycles. The van der Waals surface area contributed by atoms with Crippen LogP contribution in [0.1, 0.15) is 11.1 Å². The van der Waals surface area contributed by atoms with Crippen LogP contribution in [-0.2, 0) is 6.61 Å². The molecular formula is C14H11BF5O-. The zero-order valence-electron chi connectivity index (χ0n) is 11.0. The van der Waals surface area contributed by atoms with Gasteiger partial charge in [-0.3, -0.25) is 0 Å². The monoisotopic (exact) mass is 301 g/mol. The lowest BCUT2D eigenvalue weighted by Crippen LogP contribution is -2.34. The topological polar surface area (TPSA) is 9.23 Å².